The molecule has 0 radical (unpaired) electrons. The van der Waals surface area contributed by atoms with Crippen LogP contribution in [0.15, 0.2) is 164 Å². The van der Waals surface area contributed by atoms with Crippen molar-refractivity contribution < 1.29 is 9.59 Å². The molecule has 9 rings (SSSR count). The van der Waals surface area contributed by atoms with Gasteiger partial charge in [0, 0.05) is 16.3 Å². The Morgan fingerprint density at radius 2 is 1.10 bits per heavy atom. The molecule has 2 amide bonds. The summed E-state index contributed by atoms with van der Waals surface area (Å²) in [5, 5.41) is 2.00. The molecule has 50 heavy (non-hydrogen) atoms. The number of hydrogen-bond donors (Lipinski definition) is 0. The number of hydrogen-bond acceptors (Lipinski definition) is 2. The van der Waals surface area contributed by atoms with Crippen LogP contribution in [0.2, 0.25) is 0 Å². The van der Waals surface area contributed by atoms with Gasteiger partial charge in [-0.1, -0.05) is 140 Å². The summed E-state index contributed by atoms with van der Waals surface area (Å²) in [7, 11) is 0. The monoisotopic (exact) mass is 641 g/mol. The van der Waals surface area contributed by atoms with E-state index in [1.54, 1.807) is 6.07 Å². The van der Waals surface area contributed by atoms with Crippen molar-refractivity contribution in [3.05, 3.63) is 186 Å². The Morgan fingerprint density at radius 3 is 1.90 bits per heavy atom. The molecule has 8 aromatic rings. The Labute approximate surface area is 288 Å². The molecule has 1 aliphatic rings. The van der Waals surface area contributed by atoms with Gasteiger partial charge in [0.25, 0.3) is 11.8 Å². The van der Waals surface area contributed by atoms with Crippen LogP contribution >= 0.6 is 0 Å². The second-order valence-corrected chi connectivity index (χ2v) is 12.3. The maximum atomic E-state index is 14.9. The molecule has 5 nitrogen and oxygen atoms in total. The maximum absolute atomic E-state index is 14.9. The molecule has 0 spiro atoms. The van der Waals surface area contributed by atoms with Gasteiger partial charge >= 0.3 is 0 Å². The first kappa shape index (κ1) is 29.1. The van der Waals surface area contributed by atoms with Crippen LogP contribution in [0.3, 0.4) is 0 Å². The SMILES string of the molecule is [C-]#[N+]c1ccccc1-c1cccc2c3ccccc3n(-c3cccc4c3C(=O)N(c3cc(-c5ccccc5)ccc3-c3ccccc3)C4=O)c12. The first-order valence-corrected chi connectivity index (χ1v) is 16.4. The molecule has 0 N–H and O–H groups in total. The number of imide groups is 1. The van der Waals surface area contributed by atoms with E-state index >= 15 is 0 Å². The molecule has 0 unspecified atom stereocenters. The Bertz CT molecular complexity index is 2700. The van der Waals surface area contributed by atoms with E-state index < -0.39 is 0 Å². The molecule has 0 aliphatic carbocycles. The van der Waals surface area contributed by atoms with Gasteiger partial charge in [0.2, 0.25) is 0 Å². The van der Waals surface area contributed by atoms with E-state index in [0.29, 0.717) is 28.2 Å². The predicted molar refractivity (Wildman–Crippen MR) is 201 cm³/mol. The lowest BCUT2D eigenvalue weighted by Gasteiger charge is -2.20. The highest BCUT2D eigenvalue weighted by molar-refractivity contribution is 6.36. The van der Waals surface area contributed by atoms with Crippen molar-refractivity contribution in [2.24, 2.45) is 0 Å². The van der Waals surface area contributed by atoms with Crippen LogP contribution in [0, 0.1) is 6.57 Å². The van der Waals surface area contributed by atoms with Gasteiger partial charge in [-0.2, -0.15) is 0 Å². The van der Waals surface area contributed by atoms with Crippen molar-refractivity contribution >= 4 is 45.0 Å². The molecule has 0 atom stereocenters. The highest BCUT2D eigenvalue weighted by Gasteiger charge is 2.40. The topological polar surface area (TPSA) is 46.7 Å². The minimum absolute atomic E-state index is 0.345. The number of rotatable bonds is 5. The zero-order valence-corrected chi connectivity index (χ0v) is 26.7. The molecular formula is C45H27N3O2. The fourth-order valence-electron chi connectivity index (χ4n) is 7.35. The zero-order chi connectivity index (χ0) is 33.8. The van der Waals surface area contributed by atoms with E-state index in [2.05, 4.69) is 21.5 Å². The normalized spacial score (nSPS) is 12.4. The van der Waals surface area contributed by atoms with Crippen molar-refractivity contribution in [2.75, 3.05) is 4.90 Å². The molecule has 234 valence electrons. The zero-order valence-electron chi connectivity index (χ0n) is 26.7. The third kappa shape index (κ3) is 4.40. The molecule has 1 aromatic heterocycles. The van der Waals surface area contributed by atoms with Gasteiger partial charge in [-0.25, -0.2) is 9.74 Å². The maximum Gasteiger partial charge on any atom is 0.268 e. The van der Waals surface area contributed by atoms with Gasteiger partial charge in [0.15, 0.2) is 5.69 Å². The summed E-state index contributed by atoms with van der Waals surface area (Å²) in [5.74, 6) is -0.749. The fraction of sp³-hybridized carbons (Fsp3) is 0. The van der Waals surface area contributed by atoms with E-state index in [1.807, 2.05) is 146 Å². The van der Waals surface area contributed by atoms with Crippen LogP contribution in [0.5, 0.6) is 0 Å². The van der Waals surface area contributed by atoms with Crippen molar-refractivity contribution in [2.45, 2.75) is 0 Å². The van der Waals surface area contributed by atoms with E-state index in [0.717, 1.165) is 55.2 Å². The average Bonchev–Trinajstić information content (AvgIpc) is 3.66. The third-order valence-electron chi connectivity index (χ3n) is 9.57. The number of aromatic nitrogens is 1. The first-order chi connectivity index (χ1) is 24.6. The minimum atomic E-state index is -0.382. The number of carbonyl (C=O) groups excluding carboxylic acids is 2. The number of carbonyl (C=O) groups is 2. The summed E-state index contributed by atoms with van der Waals surface area (Å²) in [6, 6.07) is 53.0. The Hall–Kier alpha value is -7.03. The van der Waals surface area contributed by atoms with Gasteiger partial charge in [-0.05, 0) is 52.1 Å². The summed E-state index contributed by atoms with van der Waals surface area (Å²) < 4.78 is 2.09. The third-order valence-corrected chi connectivity index (χ3v) is 9.57. The number of nitrogens with zero attached hydrogens (tertiary/aromatic N) is 3. The van der Waals surface area contributed by atoms with Crippen molar-refractivity contribution in [1.29, 1.82) is 0 Å². The van der Waals surface area contributed by atoms with Crippen LogP contribution in [-0.2, 0) is 0 Å². The largest absolute Gasteiger partial charge is 0.308 e. The molecular weight excluding hydrogens is 615 g/mol. The molecule has 0 fully saturated rings. The van der Waals surface area contributed by atoms with Crippen molar-refractivity contribution in [3.63, 3.8) is 0 Å². The summed E-state index contributed by atoms with van der Waals surface area (Å²) in [5.41, 5.74) is 9.42. The van der Waals surface area contributed by atoms with Gasteiger partial charge in [0.1, 0.15) is 0 Å². The second-order valence-electron chi connectivity index (χ2n) is 12.3. The van der Waals surface area contributed by atoms with Gasteiger partial charge in [0.05, 0.1) is 40.1 Å². The number of fused-ring (bicyclic) bond motifs is 4. The second kappa shape index (κ2) is 11.6. The Balaban J connectivity index is 1.30. The van der Waals surface area contributed by atoms with Crippen LogP contribution < -0.4 is 4.90 Å². The van der Waals surface area contributed by atoms with E-state index in [4.69, 9.17) is 6.57 Å². The number of anilines is 1. The van der Waals surface area contributed by atoms with Crippen molar-refractivity contribution in [3.8, 4) is 39.1 Å². The van der Waals surface area contributed by atoms with Gasteiger partial charge in [-0.15, -0.1) is 0 Å². The van der Waals surface area contributed by atoms with Crippen LogP contribution in [0.25, 0.3) is 65.7 Å². The summed E-state index contributed by atoms with van der Waals surface area (Å²) in [4.78, 5) is 34.6. The average molecular weight is 642 g/mol. The predicted octanol–water partition coefficient (Wildman–Crippen LogP) is 11.1. The number of para-hydroxylation sites is 3. The fourth-order valence-corrected chi connectivity index (χ4v) is 7.35. The van der Waals surface area contributed by atoms with E-state index in [1.165, 1.54) is 4.90 Å². The molecule has 7 aromatic carbocycles. The molecule has 0 saturated carbocycles. The highest BCUT2D eigenvalue weighted by Crippen LogP contribution is 2.44. The molecule has 5 heteroatoms. The molecule has 0 saturated heterocycles. The lowest BCUT2D eigenvalue weighted by molar-refractivity contribution is 0.0926. The summed E-state index contributed by atoms with van der Waals surface area (Å²) >= 11 is 0. The highest BCUT2D eigenvalue weighted by atomic mass is 16.2. The number of benzene rings is 7. The van der Waals surface area contributed by atoms with E-state index in [9.17, 15) is 9.59 Å². The van der Waals surface area contributed by atoms with Crippen molar-refractivity contribution in [1.82, 2.24) is 4.57 Å². The van der Waals surface area contributed by atoms with E-state index in [-0.39, 0.29) is 11.8 Å². The Kier molecular flexibility index (Phi) is 6.75. The lowest BCUT2D eigenvalue weighted by atomic mass is 9.97. The summed E-state index contributed by atoms with van der Waals surface area (Å²) in [6.07, 6.45) is 0. The first-order valence-electron chi connectivity index (χ1n) is 16.4. The molecule has 1 aliphatic heterocycles. The Morgan fingerprint density at radius 1 is 0.460 bits per heavy atom. The molecule has 0 bridgehead atoms. The van der Waals surface area contributed by atoms with Crippen LogP contribution in [-0.4, -0.2) is 16.4 Å². The van der Waals surface area contributed by atoms with Crippen LogP contribution in [0.1, 0.15) is 20.7 Å². The smallest absolute Gasteiger partial charge is 0.268 e. The van der Waals surface area contributed by atoms with Gasteiger partial charge in [-0.3, -0.25) is 9.59 Å². The molecule has 2 heterocycles. The van der Waals surface area contributed by atoms with Gasteiger partial charge < -0.3 is 4.57 Å². The van der Waals surface area contributed by atoms with Crippen LogP contribution in [0.4, 0.5) is 11.4 Å². The quantitative estimate of drug-likeness (QED) is 0.139. The number of amides is 2. The minimum Gasteiger partial charge on any atom is -0.308 e. The standard InChI is InChI=1S/C45H27N3O2/c1-46-38-23-10-8-18-33(38)35-20-12-21-36-34-19-9-11-24-39(34)47(43(35)36)40-25-13-22-37-42(40)45(50)48(44(37)49)41-28-31(29-14-4-2-5-15-29)26-27-32(41)30-16-6-3-7-17-30/h2-28H. The lowest BCUT2D eigenvalue weighted by Crippen LogP contribution is -2.30. The summed E-state index contributed by atoms with van der Waals surface area (Å²) in [6.45, 7) is 7.90.